The van der Waals surface area contributed by atoms with Crippen LogP contribution in [0.2, 0.25) is 5.02 Å². The van der Waals surface area contributed by atoms with Gasteiger partial charge in [0.15, 0.2) is 11.6 Å². The minimum absolute atomic E-state index is 0.0645. The van der Waals surface area contributed by atoms with Crippen molar-refractivity contribution in [2.75, 3.05) is 5.32 Å². The second-order valence-corrected chi connectivity index (χ2v) is 5.05. The highest BCUT2D eigenvalue weighted by atomic mass is 35.5. The first kappa shape index (κ1) is 15.2. The Balaban J connectivity index is 1.81. The van der Waals surface area contributed by atoms with E-state index in [4.69, 9.17) is 16.1 Å². The van der Waals surface area contributed by atoms with Crippen molar-refractivity contribution in [3.8, 4) is 11.3 Å². The molecular formula is C16H9ClF2N2O2. The first-order valence-electron chi connectivity index (χ1n) is 6.52. The van der Waals surface area contributed by atoms with Gasteiger partial charge in [0.05, 0.1) is 10.6 Å². The highest BCUT2D eigenvalue weighted by Gasteiger charge is 2.14. The van der Waals surface area contributed by atoms with Crippen LogP contribution in [0, 0.1) is 11.6 Å². The Morgan fingerprint density at radius 3 is 2.61 bits per heavy atom. The van der Waals surface area contributed by atoms with E-state index in [2.05, 4.69) is 10.5 Å². The number of nitrogens with one attached hydrogen (secondary N) is 1. The van der Waals surface area contributed by atoms with Crippen LogP contribution in [-0.2, 0) is 0 Å². The average Bonchev–Trinajstić information content (AvgIpc) is 2.99. The summed E-state index contributed by atoms with van der Waals surface area (Å²) >= 11 is 5.93. The number of hydrogen-bond acceptors (Lipinski definition) is 3. The number of rotatable bonds is 3. The van der Waals surface area contributed by atoms with Crippen LogP contribution < -0.4 is 5.32 Å². The van der Waals surface area contributed by atoms with Gasteiger partial charge in [-0.3, -0.25) is 10.1 Å². The zero-order chi connectivity index (χ0) is 16.4. The number of anilines is 1. The van der Waals surface area contributed by atoms with Gasteiger partial charge in [-0.15, -0.1) is 0 Å². The molecule has 0 saturated heterocycles. The van der Waals surface area contributed by atoms with Gasteiger partial charge in [0.2, 0.25) is 5.88 Å². The monoisotopic (exact) mass is 334 g/mol. The quantitative estimate of drug-likeness (QED) is 0.766. The maximum atomic E-state index is 13.2. The zero-order valence-electron chi connectivity index (χ0n) is 11.5. The molecule has 0 atom stereocenters. The Hall–Kier alpha value is -2.73. The lowest BCUT2D eigenvalue weighted by Crippen LogP contribution is -2.11. The zero-order valence-corrected chi connectivity index (χ0v) is 12.3. The minimum atomic E-state index is -0.993. The fourth-order valence-electron chi connectivity index (χ4n) is 1.95. The molecule has 0 fully saturated rings. The van der Waals surface area contributed by atoms with Crippen molar-refractivity contribution >= 4 is 23.4 Å². The van der Waals surface area contributed by atoms with Gasteiger partial charge in [0, 0.05) is 11.6 Å². The number of aromatic nitrogens is 1. The van der Waals surface area contributed by atoms with Gasteiger partial charge in [-0.1, -0.05) is 28.9 Å². The molecule has 3 rings (SSSR count). The van der Waals surface area contributed by atoms with E-state index in [1.54, 1.807) is 24.3 Å². The van der Waals surface area contributed by atoms with Crippen molar-refractivity contribution in [3.63, 3.8) is 0 Å². The summed E-state index contributed by atoms with van der Waals surface area (Å²) in [5.74, 6) is -2.35. The van der Waals surface area contributed by atoms with Crippen molar-refractivity contribution in [3.05, 3.63) is 70.8 Å². The van der Waals surface area contributed by atoms with E-state index in [1.807, 2.05) is 0 Å². The fraction of sp³-hybridized carbons (Fsp3) is 0. The molecule has 0 bridgehead atoms. The lowest BCUT2D eigenvalue weighted by Gasteiger charge is -2.02. The largest absolute Gasteiger partial charge is 0.338 e. The van der Waals surface area contributed by atoms with Gasteiger partial charge in [0.25, 0.3) is 5.91 Å². The normalized spacial score (nSPS) is 10.6. The Morgan fingerprint density at radius 2 is 1.87 bits per heavy atom. The molecule has 4 nitrogen and oxygen atoms in total. The second-order valence-electron chi connectivity index (χ2n) is 4.64. The number of halogens is 3. The molecule has 0 unspecified atom stereocenters. The Bertz CT molecular complexity index is 880. The first-order chi connectivity index (χ1) is 11.0. The molecule has 116 valence electrons. The molecule has 1 heterocycles. The molecule has 0 spiro atoms. The lowest BCUT2D eigenvalue weighted by molar-refractivity contribution is 0.102. The average molecular weight is 335 g/mol. The van der Waals surface area contributed by atoms with E-state index in [9.17, 15) is 13.6 Å². The summed E-state index contributed by atoms with van der Waals surface area (Å²) in [5, 5.41) is 6.51. The van der Waals surface area contributed by atoms with Gasteiger partial charge < -0.3 is 4.52 Å². The number of benzene rings is 2. The molecular weight excluding hydrogens is 326 g/mol. The molecule has 1 amide bonds. The molecule has 3 aromatic rings. The smallest absolute Gasteiger partial charge is 0.259 e. The van der Waals surface area contributed by atoms with Gasteiger partial charge in [-0.05, 0) is 30.3 Å². The second kappa shape index (κ2) is 6.18. The van der Waals surface area contributed by atoms with E-state index < -0.39 is 17.5 Å². The van der Waals surface area contributed by atoms with Crippen LogP contribution in [0.3, 0.4) is 0 Å². The van der Waals surface area contributed by atoms with Crippen LogP contribution in [0.15, 0.2) is 53.1 Å². The molecule has 0 saturated carbocycles. The predicted molar refractivity (Wildman–Crippen MR) is 81.3 cm³/mol. The van der Waals surface area contributed by atoms with Crippen LogP contribution in [0.5, 0.6) is 0 Å². The summed E-state index contributed by atoms with van der Waals surface area (Å²) in [7, 11) is 0. The number of carbonyl (C=O) groups excluding carboxylic acids is 1. The number of carbonyl (C=O) groups is 1. The van der Waals surface area contributed by atoms with E-state index in [0.717, 1.165) is 12.1 Å². The number of hydrogen-bond donors (Lipinski definition) is 1. The summed E-state index contributed by atoms with van der Waals surface area (Å²) in [5.41, 5.74) is 0.865. The Morgan fingerprint density at radius 1 is 1.09 bits per heavy atom. The Labute approximate surface area is 134 Å². The molecule has 0 radical (unpaired) electrons. The highest BCUT2D eigenvalue weighted by molar-refractivity contribution is 6.34. The van der Waals surface area contributed by atoms with Crippen molar-refractivity contribution in [2.24, 2.45) is 0 Å². The summed E-state index contributed by atoms with van der Waals surface area (Å²) < 4.78 is 31.1. The molecule has 1 N–H and O–H groups in total. The van der Waals surface area contributed by atoms with Gasteiger partial charge in [-0.25, -0.2) is 8.78 Å². The SMILES string of the molecule is O=C(Nc1cc(-c2ccc(F)c(F)c2)no1)c1ccccc1Cl. The van der Waals surface area contributed by atoms with Crippen molar-refractivity contribution in [1.29, 1.82) is 0 Å². The minimum Gasteiger partial charge on any atom is -0.338 e. The van der Waals surface area contributed by atoms with E-state index >= 15 is 0 Å². The lowest BCUT2D eigenvalue weighted by atomic mass is 10.1. The molecule has 0 aliphatic carbocycles. The third-order valence-electron chi connectivity index (χ3n) is 3.08. The first-order valence-corrected chi connectivity index (χ1v) is 6.90. The van der Waals surface area contributed by atoms with E-state index in [0.29, 0.717) is 10.6 Å². The number of amides is 1. The summed E-state index contributed by atoms with van der Waals surface area (Å²) in [6.45, 7) is 0. The fourth-order valence-corrected chi connectivity index (χ4v) is 2.17. The van der Waals surface area contributed by atoms with Crippen LogP contribution in [0.25, 0.3) is 11.3 Å². The van der Waals surface area contributed by atoms with Gasteiger partial charge >= 0.3 is 0 Å². The van der Waals surface area contributed by atoms with Gasteiger partial charge in [-0.2, -0.15) is 0 Å². The standard InChI is InChI=1S/C16H9ClF2N2O2/c17-11-4-2-1-3-10(11)16(22)20-15-8-14(21-23-15)9-5-6-12(18)13(19)7-9/h1-8H,(H,20,22). The summed E-state index contributed by atoms with van der Waals surface area (Å²) in [6, 6.07) is 11.3. The molecule has 0 aliphatic rings. The maximum absolute atomic E-state index is 13.2. The van der Waals surface area contributed by atoms with Crippen LogP contribution in [0.1, 0.15) is 10.4 Å². The van der Waals surface area contributed by atoms with Crippen molar-refractivity contribution < 1.29 is 18.1 Å². The van der Waals surface area contributed by atoms with Gasteiger partial charge in [0.1, 0.15) is 5.69 Å². The molecule has 7 heteroatoms. The van der Waals surface area contributed by atoms with Crippen LogP contribution in [-0.4, -0.2) is 11.1 Å². The van der Waals surface area contributed by atoms with Crippen molar-refractivity contribution in [2.45, 2.75) is 0 Å². The summed E-state index contributed by atoms with van der Waals surface area (Å²) in [6.07, 6.45) is 0. The number of nitrogens with zero attached hydrogens (tertiary/aromatic N) is 1. The summed E-state index contributed by atoms with van der Waals surface area (Å²) in [4.78, 5) is 12.1. The molecule has 0 aliphatic heterocycles. The van der Waals surface area contributed by atoms with Crippen LogP contribution >= 0.6 is 11.6 Å². The maximum Gasteiger partial charge on any atom is 0.259 e. The predicted octanol–water partition coefficient (Wildman–Crippen LogP) is 4.53. The molecule has 23 heavy (non-hydrogen) atoms. The topological polar surface area (TPSA) is 55.1 Å². The van der Waals surface area contributed by atoms with E-state index in [1.165, 1.54) is 12.1 Å². The van der Waals surface area contributed by atoms with Crippen LogP contribution in [0.4, 0.5) is 14.7 Å². The molecule has 1 aromatic heterocycles. The highest BCUT2D eigenvalue weighted by Crippen LogP contribution is 2.24. The molecule has 2 aromatic carbocycles. The third-order valence-corrected chi connectivity index (χ3v) is 3.41. The van der Waals surface area contributed by atoms with Crippen molar-refractivity contribution in [1.82, 2.24) is 5.16 Å². The Kier molecular flexibility index (Phi) is 4.08. The third kappa shape index (κ3) is 3.22. The van der Waals surface area contributed by atoms with E-state index in [-0.39, 0.29) is 17.1 Å².